The van der Waals surface area contributed by atoms with Gasteiger partial charge in [-0.2, -0.15) is 0 Å². The molecule has 9 heteroatoms. The Morgan fingerprint density at radius 3 is 2.16 bits per heavy atom. The van der Waals surface area contributed by atoms with Gasteiger partial charge in [-0.15, -0.1) is 0 Å². The van der Waals surface area contributed by atoms with Crippen LogP contribution in [0, 0.1) is 0 Å². The molecule has 4 amide bonds. The van der Waals surface area contributed by atoms with E-state index >= 15 is 0 Å². The van der Waals surface area contributed by atoms with Crippen LogP contribution in [0.2, 0.25) is 0 Å². The van der Waals surface area contributed by atoms with Crippen molar-refractivity contribution in [2.45, 2.75) is 44.7 Å². The lowest BCUT2D eigenvalue weighted by molar-refractivity contribution is -0.117. The third-order valence-electron chi connectivity index (χ3n) is 8.19. The normalized spacial score (nSPS) is 15.5. The number of nitrogens with zero attached hydrogens (tertiary/aromatic N) is 3. The molecule has 2 fully saturated rings. The minimum atomic E-state index is -0.275. The molecular weight excluding hydrogens is 542 g/mol. The van der Waals surface area contributed by atoms with Crippen molar-refractivity contribution in [3.63, 3.8) is 0 Å². The maximum absolute atomic E-state index is 13.4. The molecule has 0 unspecified atom stereocenters. The first-order valence-corrected chi connectivity index (χ1v) is 15.2. The fourth-order valence-corrected chi connectivity index (χ4v) is 5.73. The van der Waals surface area contributed by atoms with E-state index in [1.807, 2.05) is 59.5 Å². The number of anilines is 2. The van der Waals surface area contributed by atoms with Crippen molar-refractivity contribution in [2.75, 3.05) is 50.1 Å². The number of urea groups is 1. The van der Waals surface area contributed by atoms with Crippen LogP contribution in [-0.2, 0) is 11.3 Å². The molecule has 1 heterocycles. The van der Waals surface area contributed by atoms with Crippen molar-refractivity contribution in [2.24, 2.45) is 0 Å². The Kier molecular flexibility index (Phi) is 10.2. The summed E-state index contributed by atoms with van der Waals surface area (Å²) in [7, 11) is 1.58. The zero-order valence-electron chi connectivity index (χ0n) is 24.8. The Morgan fingerprint density at radius 2 is 1.51 bits per heavy atom. The number of carbonyl (C=O) groups is 3. The Hall–Kier alpha value is -4.53. The maximum atomic E-state index is 13.4. The molecule has 1 aliphatic heterocycles. The molecule has 1 aliphatic carbocycles. The van der Waals surface area contributed by atoms with Gasteiger partial charge in [0.1, 0.15) is 12.3 Å². The molecule has 43 heavy (non-hydrogen) atoms. The number of nitrogens with one attached hydrogen (secondary N) is 2. The number of carbonyl (C=O) groups excluding carboxylic acids is 3. The van der Waals surface area contributed by atoms with Crippen LogP contribution in [0.3, 0.4) is 0 Å². The summed E-state index contributed by atoms with van der Waals surface area (Å²) in [6.45, 7) is 3.08. The van der Waals surface area contributed by atoms with E-state index in [4.69, 9.17) is 4.74 Å². The van der Waals surface area contributed by atoms with Crippen molar-refractivity contribution in [3.8, 4) is 5.75 Å². The smallest absolute Gasteiger partial charge is 0.317 e. The van der Waals surface area contributed by atoms with Gasteiger partial charge in [-0.1, -0.05) is 49.6 Å². The van der Waals surface area contributed by atoms with E-state index in [2.05, 4.69) is 15.5 Å². The second-order valence-electron chi connectivity index (χ2n) is 11.2. The molecule has 3 aromatic carbocycles. The number of piperazine rings is 1. The second-order valence-corrected chi connectivity index (χ2v) is 11.2. The van der Waals surface area contributed by atoms with Gasteiger partial charge in [0.15, 0.2) is 0 Å². The Bertz CT molecular complexity index is 1350. The van der Waals surface area contributed by atoms with Crippen molar-refractivity contribution in [1.29, 1.82) is 0 Å². The summed E-state index contributed by atoms with van der Waals surface area (Å²) in [5.74, 6) is 0.154. The minimum Gasteiger partial charge on any atom is -0.497 e. The van der Waals surface area contributed by atoms with E-state index in [0.717, 1.165) is 37.2 Å². The lowest BCUT2D eigenvalue weighted by Gasteiger charge is -2.37. The van der Waals surface area contributed by atoms with E-state index in [0.29, 0.717) is 42.7 Å². The standard InChI is InChI=1S/C34H41N5O4/c1-43-31-18-12-27(13-19-31)33(41)39(24-26-8-4-2-5-9-26)25-32(40)35-29-14-16-30(17-15-29)37-20-22-38(23-21-37)34(42)36-28-10-6-3-7-11-28/h2,4-5,8-9,12-19,28H,3,6-7,10-11,20-25H2,1H3,(H,35,40)(H,36,42). The zero-order chi connectivity index (χ0) is 30.0. The molecule has 5 rings (SSSR count). The number of hydrogen-bond acceptors (Lipinski definition) is 5. The summed E-state index contributed by atoms with van der Waals surface area (Å²) in [4.78, 5) is 44.9. The number of methoxy groups -OCH3 is 1. The lowest BCUT2D eigenvalue weighted by atomic mass is 9.96. The van der Waals surface area contributed by atoms with Crippen LogP contribution < -0.4 is 20.3 Å². The van der Waals surface area contributed by atoms with Gasteiger partial charge in [-0.25, -0.2) is 4.79 Å². The molecule has 0 aromatic heterocycles. The Morgan fingerprint density at radius 1 is 0.837 bits per heavy atom. The lowest BCUT2D eigenvalue weighted by Crippen LogP contribution is -2.53. The van der Waals surface area contributed by atoms with Crippen LogP contribution >= 0.6 is 0 Å². The highest BCUT2D eigenvalue weighted by Gasteiger charge is 2.24. The van der Waals surface area contributed by atoms with E-state index in [1.54, 1.807) is 36.3 Å². The molecule has 9 nitrogen and oxygen atoms in total. The van der Waals surface area contributed by atoms with Crippen LogP contribution in [0.25, 0.3) is 0 Å². The number of benzene rings is 3. The summed E-state index contributed by atoms with van der Waals surface area (Å²) >= 11 is 0. The third kappa shape index (κ3) is 8.28. The van der Waals surface area contributed by atoms with Gasteiger partial charge in [0.2, 0.25) is 5.91 Å². The molecule has 0 spiro atoms. The number of ether oxygens (including phenoxy) is 1. The molecule has 0 atom stereocenters. The molecule has 0 radical (unpaired) electrons. The van der Waals surface area contributed by atoms with E-state index in [9.17, 15) is 14.4 Å². The van der Waals surface area contributed by atoms with E-state index < -0.39 is 0 Å². The summed E-state index contributed by atoms with van der Waals surface area (Å²) in [5, 5.41) is 6.16. The second kappa shape index (κ2) is 14.6. The average Bonchev–Trinajstić information content (AvgIpc) is 3.05. The third-order valence-corrected chi connectivity index (χ3v) is 8.19. The Balaban J connectivity index is 1.15. The molecule has 2 N–H and O–H groups in total. The van der Waals surface area contributed by atoms with Gasteiger partial charge in [-0.3, -0.25) is 9.59 Å². The fraction of sp³-hybridized carbons (Fsp3) is 0.382. The predicted molar refractivity (Wildman–Crippen MR) is 168 cm³/mol. The van der Waals surface area contributed by atoms with Gasteiger partial charge in [0, 0.05) is 55.7 Å². The van der Waals surface area contributed by atoms with Gasteiger partial charge in [0.05, 0.1) is 7.11 Å². The molecule has 3 aromatic rings. The monoisotopic (exact) mass is 583 g/mol. The maximum Gasteiger partial charge on any atom is 0.317 e. The summed E-state index contributed by atoms with van der Waals surface area (Å²) in [6.07, 6.45) is 5.83. The van der Waals surface area contributed by atoms with Gasteiger partial charge >= 0.3 is 6.03 Å². The molecule has 226 valence electrons. The number of rotatable bonds is 9. The van der Waals surface area contributed by atoms with Gasteiger partial charge in [0.25, 0.3) is 5.91 Å². The summed E-state index contributed by atoms with van der Waals surface area (Å²) < 4.78 is 5.21. The largest absolute Gasteiger partial charge is 0.497 e. The molecule has 2 aliphatic rings. The van der Waals surface area contributed by atoms with Crippen molar-refractivity contribution >= 4 is 29.2 Å². The molecule has 1 saturated carbocycles. The molecule has 0 bridgehead atoms. The summed E-state index contributed by atoms with van der Waals surface area (Å²) in [6, 6.07) is 24.6. The van der Waals surface area contributed by atoms with Crippen molar-refractivity contribution in [3.05, 3.63) is 90.0 Å². The SMILES string of the molecule is COc1ccc(C(=O)N(CC(=O)Nc2ccc(N3CCN(C(=O)NC4CCCCC4)CC3)cc2)Cc2ccccc2)cc1. The van der Waals surface area contributed by atoms with Crippen LogP contribution in [0.15, 0.2) is 78.9 Å². The summed E-state index contributed by atoms with van der Waals surface area (Å²) in [5.41, 5.74) is 3.13. The highest BCUT2D eigenvalue weighted by atomic mass is 16.5. The van der Waals surface area contributed by atoms with Gasteiger partial charge < -0.3 is 30.1 Å². The zero-order valence-corrected chi connectivity index (χ0v) is 24.8. The predicted octanol–water partition coefficient (Wildman–Crippen LogP) is 5.14. The topological polar surface area (TPSA) is 94.2 Å². The number of amides is 4. The number of hydrogen-bond donors (Lipinski definition) is 2. The van der Waals surface area contributed by atoms with E-state index in [1.165, 1.54) is 19.3 Å². The van der Waals surface area contributed by atoms with E-state index in [-0.39, 0.29) is 24.4 Å². The average molecular weight is 584 g/mol. The quantitative estimate of drug-likeness (QED) is 0.364. The minimum absolute atomic E-state index is 0.0522. The van der Waals surface area contributed by atoms with Crippen LogP contribution in [0.5, 0.6) is 5.75 Å². The van der Waals surface area contributed by atoms with Crippen LogP contribution in [0.1, 0.15) is 48.0 Å². The highest BCUT2D eigenvalue weighted by Crippen LogP contribution is 2.21. The Labute approximate surface area is 253 Å². The van der Waals surface area contributed by atoms with Crippen molar-refractivity contribution in [1.82, 2.24) is 15.1 Å². The first-order valence-electron chi connectivity index (χ1n) is 15.2. The fourth-order valence-electron chi connectivity index (χ4n) is 5.73. The van der Waals surface area contributed by atoms with Gasteiger partial charge in [-0.05, 0) is 66.9 Å². The molecular formula is C34H41N5O4. The highest BCUT2D eigenvalue weighted by molar-refractivity contribution is 5.99. The first kappa shape index (κ1) is 29.9. The van der Waals surface area contributed by atoms with Crippen molar-refractivity contribution < 1.29 is 19.1 Å². The van der Waals surface area contributed by atoms with Crippen LogP contribution in [-0.4, -0.2) is 73.5 Å². The van der Waals surface area contributed by atoms with Crippen LogP contribution in [0.4, 0.5) is 16.2 Å². The molecule has 1 saturated heterocycles. The first-order chi connectivity index (χ1) is 21.0.